The summed E-state index contributed by atoms with van der Waals surface area (Å²) >= 11 is 7.44. The number of hydrogen-bond acceptors (Lipinski definition) is 4. The van der Waals surface area contributed by atoms with Gasteiger partial charge >= 0.3 is 0 Å². The lowest BCUT2D eigenvalue weighted by Gasteiger charge is -2.06. The molecule has 0 fully saturated rings. The average Bonchev–Trinajstić information content (AvgIpc) is 2.72. The van der Waals surface area contributed by atoms with Crippen LogP contribution >= 0.6 is 23.4 Å². The van der Waals surface area contributed by atoms with Gasteiger partial charge in [-0.15, -0.1) is 11.8 Å². The summed E-state index contributed by atoms with van der Waals surface area (Å²) in [6.07, 6.45) is 1.60. The standard InChI is InChI=1S/C22H19ClN2O2S/c23-19-6-4-5-18(13-19)15-27-20-11-9-17(10-12-20)14-24-25-22(26)16-28-21-7-2-1-3-8-21/h1-14H,15-16H2,(H,25,26)/b24-14+. The Balaban J connectivity index is 1.42. The number of nitrogens with one attached hydrogen (secondary N) is 1. The summed E-state index contributed by atoms with van der Waals surface area (Å²) in [4.78, 5) is 12.9. The van der Waals surface area contributed by atoms with E-state index in [4.69, 9.17) is 16.3 Å². The van der Waals surface area contributed by atoms with E-state index in [-0.39, 0.29) is 5.91 Å². The Morgan fingerprint density at radius 1 is 1.04 bits per heavy atom. The first-order valence-corrected chi connectivity index (χ1v) is 10.0. The van der Waals surface area contributed by atoms with Crippen LogP contribution in [0.2, 0.25) is 5.02 Å². The largest absolute Gasteiger partial charge is 0.489 e. The molecule has 28 heavy (non-hydrogen) atoms. The summed E-state index contributed by atoms with van der Waals surface area (Å²) in [5, 5.41) is 4.68. The highest BCUT2D eigenvalue weighted by atomic mass is 35.5. The molecule has 6 heteroatoms. The summed E-state index contributed by atoms with van der Waals surface area (Å²) in [7, 11) is 0. The normalized spacial score (nSPS) is 10.8. The van der Waals surface area contributed by atoms with E-state index in [0.717, 1.165) is 21.8 Å². The Bertz CT molecular complexity index is 931. The van der Waals surface area contributed by atoms with Crippen molar-refractivity contribution in [2.45, 2.75) is 11.5 Å². The van der Waals surface area contributed by atoms with Crippen molar-refractivity contribution in [2.75, 3.05) is 5.75 Å². The average molecular weight is 411 g/mol. The van der Waals surface area contributed by atoms with E-state index in [1.54, 1.807) is 6.21 Å². The SMILES string of the molecule is O=C(CSc1ccccc1)N/N=C/c1ccc(OCc2cccc(Cl)c2)cc1. The van der Waals surface area contributed by atoms with Crippen LogP contribution in [0, 0.1) is 0 Å². The molecule has 142 valence electrons. The Kier molecular flexibility index (Phi) is 7.53. The smallest absolute Gasteiger partial charge is 0.250 e. The predicted molar refractivity (Wildman–Crippen MR) is 115 cm³/mol. The molecule has 1 amide bonds. The minimum atomic E-state index is -0.147. The molecule has 0 aliphatic rings. The van der Waals surface area contributed by atoms with Crippen LogP contribution in [0.4, 0.5) is 0 Å². The zero-order valence-electron chi connectivity index (χ0n) is 15.0. The Morgan fingerprint density at radius 3 is 2.57 bits per heavy atom. The number of ether oxygens (including phenoxy) is 1. The van der Waals surface area contributed by atoms with Gasteiger partial charge in [0, 0.05) is 9.92 Å². The van der Waals surface area contributed by atoms with Crippen molar-refractivity contribution in [1.29, 1.82) is 0 Å². The van der Waals surface area contributed by atoms with Crippen LogP contribution in [0.3, 0.4) is 0 Å². The zero-order valence-corrected chi connectivity index (χ0v) is 16.6. The lowest BCUT2D eigenvalue weighted by Crippen LogP contribution is -2.19. The lowest BCUT2D eigenvalue weighted by atomic mass is 10.2. The number of carbonyl (C=O) groups excluding carboxylic acids is 1. The monoisotopic (exact) mass is 410 g/mol. The molecule has 3 aromatic rings. The molecule has 0 radical (unpaired) electrons. The topological polar surface area (TPSA) is 50.7 Å². The van der Waals surface area contributed by atoms with Crippen molar-refractivity contribution in [3.8, 4) is 5.75 Å². The first-order chi connectivity index (χ1) is 13.7. The van der Waals surface area contributed by atoms with Gasteiger partial charge in [0.2, 0.25) is 5.91 Å². The number of hydrogen-bond donors (Lipinski definition) is 1. The molecule has 0 saturated carbocycles. The lowest BCUT2D eigenvalue weighted by molar-refractivity contribution is -0.118. The Hall–Kier alpha value is -2.76. The number of nitrogens with zero attached hydrogens (tertiary/aromatic N) is 1. The molecule has 0 atom stereocenters. The molecule has 3 rings (SSSR count). The van der Waals surface area contributed by atoms with Crippen LogP contribution in [0.15, 0.2) is 88.9 Å². The van der Waals surface area contributed by atoms with Gasteiger partial charge in [-0.05, 0) is 59.7 Å². The number of amides is 1. The molecule has 0 aliphatic carbocycles. The fraction of sp³-hybridized carbons (Fsp3) is 0.0909. The third-order valence-corrected chi connectivity index (χ3v) is 4.94. The molecule has 0 aromatic heterocycles. The highest BCUT2D eigenvalue weighted by molar-refractivity contribution is 8.00. The Labute approximate surface area is 173 Å². The Morgan fingerprint density at radius 2 is 1.82 bits per heavy atom. The second-order valence-corrected chi connectivity index (χ2v) is 7.37. The quantitative estimate of drug-likeness (QED) is 0.317. The van der Waals surface area contributed by atoms with Crippen molar-refractivity contribution in [3.05, 3.63) is 95.0 Å². The van der Waals surface area contributed by atoms with E-state index >= 15 is 0 Å². The van der Waals surface area contributed by atoms with Gasteiger partial charge in [0.15, 0.2) is 0 Å². The van der Waals surface area contributed by atoms with E-state index in [0.29, 0.717) is 17.4 Å². The maximum absolute atomic E-state index is 11.8. The van der Waals surface area contributed by atoms with Gasteiger partial charge in [0.05, 0.1) is 12.0 Å². The van der Waals surface area contributed by atoms with E-state index in [1.807, 2.05) is 78.9 Å². The van der Waals surface area contributed by atoms with Crippen molar-refractivity contribution in [2.24, 2.45) is 5.10 Å². The first-order valence-electron chi connectivity index (χ1n) is 8.66. The molecule has 1 N–H and O–H groups in total. The number of hydrazone groups is 1. The zero-order chi connectivity index (χ0) is 19.6. The third kappa shape index (κ3) is 6.76. The van der Waals surface area contributed by atoms with Gasteiger partial charge in [-0.25, -0.2) is 5.43 Å². The van der Waals surface area contributed by atoms with E-state index in [1.165, 1.54) is 11.8 Å². The van der Waals surface area contributed by atoms with E-state index in [9.17, 15) is 4.79 Å². The second-order valence-electron chi connectivity index (χ2n) is 5.88. The van der Waals surface area contributed by atoms with E-state index < -0.39 is 0 Å². The molecule has 0 aliphatic heterocycles. The summed E-state index contributed by atoms with van der Waals surface area (Å²) in [6.45, 7) is 0.448. The molecule has 4 nitrogen and oxygen atoms in total. The van der Waals surface area contributed by atoms with Crippen molar-refractivity contribution >= 4 is 35.5 Å². The fourth-order valence-electron chi connectivity index (χ4n) is 2.32. The van der Waals surface area contributed by atoms with Gasteiger partial charge < -0.3 is 4.74 Å². The van der Waals surface area contributed by atoms with Crippen LogP contribution < -0.4 is 10.2 Å². The van der Waals surface area contributed by atoms with Crippen molar-refractivity contribution in [3.63, 3.8) is 0 Å². The van der Waals surface area contributed by atoms with Crippen LogP contribution in [-0.4, -0.2) is 17.9 Å². The molecule has 0 bridgehead atoms. The van der Waals surface area contributed by atoms with Crippen molar-refractivity contribution < 1.29 is 9.53 Å². The minimum Gasteiger partial charge on any atom is -0.489 e. The van der Waals surface area contributed by atoms with Gasteiger partial charge in [0.25, 0.3) is 0 Å². The summed E-state index contributed by atoms with van der Waals surface area (Å²) < 4.78 is 5.74. The van der Waals surface area contributed by atoms with Crippen LogP contribution in [0.1, 0.15) is 11.1 Å². The number of benzene rings is 3. The molecule has 0 saturated heterocycles. The fourth-order valence-corrected chi connectivity index (χ4v) is 3.24. The molecule has 0 heterocycles. The number of carbonyl (C=O) groups is 1. The van der Waals surface area contributed by atoms with Crippen LogP contribution in [0.25, 0.3) is 0 Å². The maximum Gasteiger partial charge on any atom is 0.250 e. The summed E-state index contributed by atoms with van der Waals surface area (Å²) in [5.41, 5.74) is 4.41. The van der Waals surface area contributed by atoms with Crippen molar-refractivity contribution in [1.82, 2.24) is 5.43 Å². The van der Waals surface area contributed by atoms with Gasteiger partial charge in [0.1, 0.15) is 12.4 Å². The highest BCUT2D eigenvalue weighted by Gasteiger charge is 2.01. The number of rotatable bonds is 8. The highest BCUT2D eigenvalue weighted by Crippen LogP contribution is 2.17. The van der Waals surface area contributed by atoms with Gasteiger partial charge in [-0.3, -0.25) is 4.79 Å². The number of halogens is 1. The maximum atomic E-state index is 11.8. The number of thioether (sulfide) groups is 1. The molecule has 0 unspecified atom stereocenters. The first kappa shape index (κ1) is 20.0. The van der Waals surface area contributed by atoms with Crippen LogP contribution in [-0.2, 0) is 11.4 Å². The van der Waals surface area contributed by atoms with Gasteiger partial charge in [-0.2, -0.15) is 5.10 Å². The molecule has 0 spiro atoms. The molecular formula is C22H19ClN2O2S. The van der Waals surface area contributed by atoms with Crippen LogP contribution in [0.5, 0.6) is 5.75 Å². The van der Waals surface area contributed by atoms with Gasteiger partial charge in [-0.1, -0.05) is 41.9 Å². The molecule has 3 aromatic carbocycles. The third-order valence-electron chi connectivity index (χ3n) is 3.69. The predicted octanol–water partition coefficient (Wildman–Crippen LogP) is 5.16. The minimum absolute atomic E-state index is 0.147. The summed E-state index contributed by atoms with van der Waals surface area (Å²) in [5.74, 6) is 0.921. The van der Waals surface area contributed by atoms with E-state index in [2.05, 4.69) is 10.5 Å². The summed E-state index contributed by atoms with van der Waals surface area (Å²) in [6, 6.07) is 24.8. The second kappa shape index (κ2) is 10.5. The molecular weight excluding hydrogens is 392 g/mol.